The Kier molecular flexibility index (Phi) is 7.88. The Balaban J connectivity index is 0.00000162. The van der Waals surface area contributed by atoms with Gasteiger partial charge in [0.25, 0.3) is 0 Å². The average molecular weight is 511 g/mol. The van der Waals surface area contributed by atoms with Crippen LogP contribution < -0.4 is 0 Å². The summed E-state index contributed by atoms with van der Waals surface area (Å²) in [5.74, 6) is -1.65. The van der Waals surface area contributed by atoms with Gasteiger partial charge in [-0.15, -0.1) is 0 Å². The Hall–Kier alpha value is 0.162. The minimum Gasteiger partial charge on any atom is -0.667 e. The number of nitrogens with one attached hydrogen (secondary N) is 2. The molecule has 103 valence electrons. The van der Waals surface area contributed by atoms with Crippen molar-refractivity contribution in [1.29, 1.82) is 0 Å². The number of hydrogen-bond acceptors (Lipinski definition) is 3. The fourth-order valence-corrected chi connectivity index (χ4v) is 2.27. The van der Waals surface area contributed by atoms with E-state index >= 15 is 0 Å². The zero-order chi connectivity index (χ0) is 12.6. The molecule has 2 aliphatic heterocycles. The van der Waals surface area contributed by atoms with Gasteiger partial charge in [-0.25, -0.2) is 5.01 Å². The van der Waals surface area contributed by atoms with Gasteiger partial charge in [0, 0.05) is 66.7 Å². The summed E-state index contributed by atoms with van der Waals surface area (Å²) < 4.78 is 0. The zero-order valence-electron chi connectivity index (χ0n) is 10.3. The first kappa shape index (κ1) is 19.2. The van der Waals surface area contributed by atoms with Crippen LogP contribution >= 0.6 is 0 Å². The summed E-state index contributed by atoms with van der Waals surface area (Å²) in [4.78, 5) is 34.9. The molecule has 2 rings (SSSR count). The molecule has 0 unspecified atom stereocenters. The van der Waals surface area contributed by atoms with Crippen LogP contribution in [0.5, 0.6) is 0 Å². The maximum absolute atomic E-state index is 11.9. The summed E-state index contributed by atoms with van der Waals surface area (Å²) in [5.41, 5.74) is 14.8. The predicted octanol–water partition coefficient (Wildman–Crippen LogP) is 0.509. The van der Waals surface area contributed by atoms with Gasteiger partial charge in [0.2, 0.25) is 11.8 Å². The molecule has 0 aromatic rings. The van der Waals surface area contributed by atoms with Crippen LogP contribution in [0.3, 0.4) is 0 Å². The van der Waals surface area contributed by atoms with Crippen molar-refractivity contribution in [3.8, 4) is 0 Å². The van der Waals surface area contributed by atoms with E-state index in [2.05, 4.69) is 0 Å². The summed E-state index contributed by atoms with van der Waals surface area (Å²) >= 11 is 0. The SMILES string of the molecule is [NH-]C(=O)[C@@H]1CCCN2C(=O)CC[C@H]([NH-])C(=O)N12.[W].[Y]. The van der Waals surface area contributed by atoms with Gasteiger partial charge in [0.05, 0.1) is 11.9 Å². The second-order valence-electron chi connectivity index (χ2n) is 4.31. The van der Waals surface area contributed by atoms with Gasteiger partial charge < -0.3 is 16.3 Å². The second-order valence-corrected chi connectivity index (χ2v) is 4.31. The van der Waals surface area contributed by atoms with E-state index in [-0.39, 0.29) is 72.5 Å². The Morgan fingerprint density at radius 3 is 2.47 bits per heavy atom. The Morgan fingerprint density at radius 1 is 1.26 bits per heavy atom. The van der Waals surface area contributed by atoms with E-state index < -0.39 is 23.9 Å². The molecule has 0 aromatic carbocycles. The summed E-state index contributed by atoms with van der Waals surface area (Å²) in [6.45, 7) is 0.390. The molecule has 2 aliphatic rings. The summed E-state index contributed by atoms with van der Waals surface area (Å²) in [5, 5.41) is 2.29. The molecule has 0 aliphatic carbocycles. The summed E-state index contributed by atoms with van der Waals surface area (Å²) in [6.07, 6.45) is 1.33. The number of carbonyl (C=O) groups excluding carboxylic acids is 3. The predicted molar refractivity (Wildman–Crippen MR) is 58.3 cm³/mol. The van der Waals surface area contributed by atoms with Gasteiger partial charge in [-0.05, 0) is 12.8 Å². The standard InChI is InChI=1S/C10H15N4O3.W.Y/c11-6-3-4-8(15)13-5-1-2-7(9(12)16)14(13)10(6)17;;/h6-7,11H,1-5H2,(H2,12,16);;/q-1;;/p-1/t6-,7-;;/m0../s1. The van der Waals surface area contributed by atoms with E-state index in [0.29, 0.717) is 19.4 Å². The topological polar surface area (TPSA) is 105 Å². The van der Waals surface area contributed by atoms with Crippen molar-refractivity contribution >= 4 is 17.7 Å². The maximum Gasteiger partial charge on any atom is 0.241 e. The first-order valence-corrected chi connectivity index (χ1v) is 5.62. The van der Waals surface area contributed by atoms with E-state index in [1.54, 1.807) is 0 Å². The molecular formula is C10H14N4O3WY-2. The van der Waals surface area contributed by atoms with E-state index in [1.807, 2.05) is 0 Å². The number of carbonyl (C=O) groups is 3. The quantitative estimate of drug-likeness (QED) is 0.513. The molecule has 3 amide bonds. The molecule has 2 fully saturated rings. The molecule has 0 bridgehead atoms. The van der Waals surface area contributed by atoms with E-state index in [1.165, 1.54) is 5.01 Å². The van der Waals surface area contributed by atoms with Crippen molar-refractivity contribution in [1.82, 2.24) is 10.0 Å². The Morgan fingerprint density at radius 2 is 1.89 bits per heavy atom. The molecule has 0 saturated carbocycles. The third-order valence-electron chi connectivity index (χ3n) is 3.16. The number of rotatable bonds is 1. The average Bonchev–Trinajstić information content (AvgIpc) is 2.42. The van der Waals surface area contributed by atoms with Crippen LogP contribution in [0.2, 0.25) is 0 Å². The Labute approximate surface area is 150 Å². The molecule has 2 saturated heterocycles. The van der Waals surface area contributed by atoms with Crippen molar-refractivity contribution in [3.05, 3.63) is 11.5 Å². The maximum atomic E-state index is 11.9. The van der Waals surface area contributed by atoms with Crippen LogP contribution in [0.25, 0.3) is 11.5 Å². The monoisotopic (exact) mass is 511 g/mol. The molecule has 2 N–H and O–H groups in total. The number of fused-ring (bicyclic) bond motifs is 1. The second kappa shape index (κ2) is 7.82. The van der Waals surface area contributed by atoms with Crippen molar-refractivity contribution in [2.45, 2.75) is 37.8 Å². The molecule has 19 heavy (non-hydrogen) atoms. The van der Waals surface area contributed by atoms with E-state index in [0.717, 1.165) is 5.01 Å². The van der Waals surface area contributed by atoms with E-state index in [9.17, 15) is 14.4 Å². The third-order valence-corrected chi connectivity index (χ3v) is 3.16. The first-order valence-electron chi connectivity index (χ1n) is 5.62. The number of amides is 3. The fourth-order valence-electron chi connectivity index (χ4n) is 2.27. The summed E-state index contributed by atoms with van der Waals surface area (Å²) in [7, 11) is 0. The van der Waals surface area contributed by atoms with Crippen molar-refractivity contribution in [2.75, 3.05) is 6.54 Å². The number of hydrazine groups is 1. The number of hydrogen-bond donors (Lipinski definition) is 0. The van der Waals surface area contributed by atoms with Crippen LogP contribution in [-0.2, 0) is 68.2 Å². The van der Waals surface area contributed by atoms with Crippen LogP contribution in [0.1, 0.15) is 25.7 Å². The molecule has 1 radical (unpaired) electrons. The van der Waals surface area contributed by atoms with E-state index in [4.69, 9.17) is 11.5 Å². The normalized spacial score (nSPS) is 26.8. The van der Waals surface area contributed by atoms with Crippen molar-refractivity contribution in [3.63, 3.8) is 0 Å². The van der Waals surface area contributed by atoms with Crippen LogP contribution in [0.15, 0.2) is 0 Å². The zero-order valence-corrected chi connectivity index (χ0v) is 16.1. The minimum absolute atomic E-state index is 0. The summed E-state index contributed by atoms with van der Waals surface area (Å²) in [6, 6.07) is -1.91. The number of nitrogens with zero attached hydrogens (tertiary/aromatic N) is 2. The van der Waals surface area contributed by atoms with Gasteiger partial charge >= 0.3 is 0 Å². The van der Waals surface area contributed by atoms with Gasteiger partial charge in [-0.1, -0.05) is 12.5 Å². The van der Waals surface area contributed by atoms with Gasteiger partial charge in [0.1, 0.15) is 0 Å². The molecule has 2 atom stereocenters. The molecule has 7 nitrogen and oxygen atoms in total. The first-order chi connectivity index (χ1) is 8.02. The molecule has 2 heterocycles. The minimum atomic E-state index is -1.01. The van der Waals surface area contributed by atoms with Gasteiger partial charge in [0.15, 0.2) is 0 Å². The molecule has 0 spiro atoms. The molecule has 9 heteroatoms. The Bertz CT molecular complexity index is 382. The molecular weight excluding hydrogens is 497 g/mol. The van der Waals surface area contributed by atoms with Crippen molar-refractivity contribution in [2.24, 2.45) is 0 Å². The van der Waals surface area contributed by atoms with Crippen LogP contribution in [-0.4, -0.2) is 46.4 Å². The third kappa shape index (κ3) is 3.84. The van der Waals surface area contributed by atoms with Gasteiger partial charge in [-0.2, -0.15) is 0 Å². The smallest absolute Gasteiger partial charge is 0.241 e. The van der Waals surface area contributed by atoms with Crippen LogP contribution in [0.4, 0.5) is 0 Å². The van der Waals surface area contributed by atoms with Crippen LogP contribution in [0, 0.1) is 0 Å². The van der Waals surface area contributed by atoms with Crippen molar-refractivity contribution < 1.29 is 68.2 Å². The largest absolute Gasteiger partial charge is 0.667 e. The fraction of sp³-hybridized carbons (Fsp3) is 0.700. The molecule has 0 aromatic heterocycles. The van der Waals surface area contributed by atoms with Gasteiger partial charge in [-0.3, -0.25) is 14.6 Å².